The second-order valence-electron chi connectivity index (χ2n) is 5.15. The maximum absolute atomic E-state index is 11.8. The predicted molar refractivity (Wildman–Crippen MR) is 73.1 cm³/mol. The van der Waals surface area contributed by atoms with E-state index in [1.54, 1.807) is 0 Å². The normalized spacial score (nSPS) is 17.1. The van der Waals surface area contributed by atoms with Gasteiger partial charge in [0.25, 0.3) is 0 Å². The average molecular weight is 271 g/mol. The summed E-state index contributed by atoms with van der Waals surface area (Å²) in [4.78, 5) is 22.7. The average Bonchev–Trinajstić information content (AvgIpc) is 2.76. The molecule has 1 saturated carbocycles. The van der Waals surface area contributed by atoms with Gasteiger partial charge in [-0.05, 0) is 32.4 Å². The molecule has 0 aromatic carbocycles. The zero-order valence-corrected chi connectivity index (χ0v) is 11.6. The summed E-state index contributed by atoms with van der Waals surface area (Å²) in [7, 11) is 0. The van der Waals surface area contributed by atoms with Gasteiger partial charge in [0.15, 0.2) is 0 Å². The number of aliphatic carboxylic acids is 1. The van der Waals surface area contributed by atoms with Crippen molar-refractivity contribution >= 4 is 12.0 Å². The highest BCUT2D eigenvalue weighted by Crippen LogP contribution is 2.32. The molecule has 1 aliphatic carbocycles. The van der Waals surface area contributed by atoms with Crippen molar-refractivity contribution in [1.82, 2.24) is 16.0 Å². The Hall–Kier alpha value is -1.30. The molecular formula is C13H25N3O3. The first-order valence-electron chi connectivity index (χ1n) is 7.06. The van der Waals surface area contributed by atoms with E-state index in [1.807, 2.05) is 6.92 Å². The van der Waals surface area contributed by atoms with Crippen LogP contribution in [0.4, 0.5) is 4.79 Å². The first-order valence-corrected chi connectivity index (χ1v) is 7.06. The fourth-order valence-electron chi connectivity index (χ4n) is 2.56. The summed E-state index contributed by atoms with van der Waals surface area (Å²) in [5.41, 5.74) is -0.544. The van der Waals surface area contributed by atoms with Crippen molar-refractivity contribution in [3.05, 3.63) is 0 Å². The largest absolute Gasteiger partial charge is 0.481 e. The number of carbonyl (C=O) groups is 2. The molecule has 0 aliphatic heterocycles. The van der Waals surface area contributed by atoms with Crippen LogP contribution in [0.3, 0.4) is 0 Å². The monoisotopic (exact) mass is 271 g/mol. The molecule has 2 amide bonds. The van der Waals surface area contributed by atoms with E-state index in [1.165, 1.54) is 0 Å². The van der Waals surface area contributed by atoms with Gasteiger partial charge in [-0.25, -0.2) is 4.79 Å². The molecule has 1 aliphatic rings. The molecule has 0 aromatic heterocycles. The molecule has 1 fully saturated rings. The number of hydrogen-bond donors (Lipinski definition) is 4. The molecule has 110 valence electrons. The van der Waals surface area contributed by atoms with Gasteiger partial charge in [0.1, 0.15) is 0 Å². The van der Waals surface area contributed by atoms with Crippen molar-refractivity contribution in [2.45, 2.75) is 51.0 Å². The Morgan fingerprint density at radius 2 is 1.89 bits per heavy atom. The Balaban J connectivity index is 2.29. The second kappa shape index (κ2) is 7.99. The number of nitrogens with one attached hydrogen (secondary N) is 3. The van der Waals surface area contributed by atoms with Crippen LogP contribution < -0.4 is 16.0 Å². The third kappa shape index (κ3) is 5.92. The van der Waals surface area contributed by atoms with Crippen LogP contribution >= 0.6 is 0 Å². The molecule has 0 unspecified atom stereocenters. The fraction of sp³-hybridized carbons (Fsp3) is 0.846. The van der Waals surface area contributed by atoms with Crippen LogP contribution in [-0.4, -0.2) is 42.3 Å². The van der Waals surface area contributed by atoms with Gasteiger partial charge in [0.05, 0.1) is 12.0 Å². The molecule has 0 spiro atoms. The molecule has 0 saturated heterocycles. The van der Waals surface area contributed by atoms with Crippen molar-refractivity contribution in [1.29, 1.82) is 0 Å². The van der Waals surface area contributed by atoms with E-state index in [4.69, 9.17) is 5.11 Å². The summed E-state index contributed by atoms with van der Waals surface area (Å²) in [6, 6.07) is -0.250. The van der Waals surface area contributed by atoms with Crippen molar-refractivity contribution in [2.75, 3.05) is 19.6 Å². The Morgan fingerprint density at radius 1 is 1.21 bits per heavy atom. The molecule has 0 heterocycles. The fourth-order valence-corrected chi connectivity index (χ4v) is 2.56. The Kier molecular flexibility index (Phi) is 6.62. The van der Waals surface area contributed by atoms with Crippen molar-refractivity contribution in [3.63, 3.8) is 0 Å². The smallest absolute Gasteiger partial charge is 0.315 e. The molecule has 0 bridgehead atoms. The van der Waals surface area contributed by atoms with Gasteiger partial charge in [-0.15, -0.1) is 0 Å². The highest BCUT2D eigenvalue weighted by Gasteiger charge is 2.37. The van der Waals surface area contributed by atoms with Gasteiger partial charge < -0.3 is 21.1 Å². The molecule has 0 radical (unpaired) electrons. The zero-order chi connectivity index (χ0) is 14.1. The molecule has 19 heavy (non-hydrogen) atoms. The Morgan fingerprint density at radius 3 is 2.47 bits per heavy atom. The van der Waals surface area contributed by atoms with Crippen LogP contribution in [0.2, 0.25) is 0 Å². The molecule has 6 heteroatoms. The van der Waals surface area contributed by atoms with E-state index in [0.29, 0.717) is 6.54 Å². The van der Waals surface area contributed by atoms with E-state index >= 15 is 0 Å². The van der Waals surface area contributed by atoms with Gasteiger partial charge in [-0.3, -0.25) is 4.79 Å². The van der Waals surface area contributed by atoms with Gasteiger partial charge >= 0.3 is 12.0 Å². The van der Waals surface area contributed by atoms with Crippen molar-refractivity contribution in [3.8, 4) is 0 Å². The maximum atomic E-state index is 11.8. The second-order valence-corrected chi connectivity index (χ2v) is 5.15. The van der Waals surface area contributed by atoms with Gasteiger partial charge in [-0.2, -0.15) is 0 Å². The highest BCUT2D eigenvalue weighted by atomic mass is 16.4. The highest BCUT2D eigenvalue weighted by molar-refractivity contribution is 5.76. The summed E-state index contributed by atoms with van der Waals surface area (Å²) >= 11 is 0. The van der Waals surface area contributed by atoms with Crippen LogP contribution in [0.5, 0.6) is 0 Å². The Labute approximate surface area is 114 Å². The van der Waals surface area contributed by atoms with Crippen molar-refractivity contribution in [2.24, 2.45) is 0 Å². The SMILES string of the molecule is CCNCCCNC(=O)NC1(CC(=O)O)CCCC1. The summed E-state index contributed by atoms with van der Waals surface area (Å²) in [6.45, 7) is 4.43. The van der Waals surface area contributed by atoms with Gasteiger partial charge in [-0.1, -0.05) is 19.8 Å². The molecule has 0 aromatic rings. The lowest BCUT2D eigenvalue weighted by Crippen LogP contribution is -2.51. The summed E-state index contributed by atoms with van der Waals surface area (Å²) in [5, 5.41) is 17.8. The summed E-state index contributed by atoms with van der Waals surface area (Å²) in [6.07, 6.45) is 4.35. The number of carbonyl (C=O) groups excluding carboxylic acids is 1. The number of carboxylic acid groups (broad SMARTS) is 1. The number of amides is 2. The minimum absolute atomic E-state index is 0.0117. The maximum Gasteiger partial charge on any atom is 0.315 e. The van der Waals surface area contributed by atoms with Gasteiger partial charge in [0.2, 0.25) is 0 Å². The first-order chi connectivity index (χ1) is 9.08. The third-order valence-electron chi connectivity index (χ3n) is 3.49. The standard InChI is InChI=1S/C13H25N3O3/c1-2-14-8-5-9-15-12(19)16-13(10-11(17)18)6-3-4-7-13/h14H,2-10H2,1H3,(H,17,18)(H2,15,16,19). The summed E-state index contributed by atoms with van der Waals surface area (Å²) < 4.78 is 0. The van der Waals surface area contributed by atoms with Crippen LogP contribution in [0.1, 0.15) is 45.4 Å². The van der Waals surface area contributed by atoms with E-state index in [2.05, 4.69) is 16.0 Å². The first kappa shape index (κ1) is 15.8. The van der Waals surface area contributed by atoms with Crippen molar-refractivity contribution < 1.29 is 14.7 Å². The number of carboxylic acids is 1. The zero-order valence-electron chi connectivity index (χ0n) is 11.6. The number of urea groups is 1. The molecular weight excluding hydrogens is 246 g/mol. The number of hydrogen-bond acceptors (Lipinski definition) is 3. The van der Waals surface area contributed by atoms with E-state index in [-0.39, 0.29) is 12.5 Å². The van der Waals surface area contributed by atoms with Gasteiger partial charge in [0, 0.05) is 6.54 Å². The van der Waals surface area contributed by atoms with E-state index in [0.717, 1.165) is 45.2 Å². The van der Waals surface area contributed by atoms with E-state index in [9.17, 15) is 9.59 Å². The lowest BCUT2D eigenvalue weighted by atomic mass is 9.93. The summed E-state index contributed by atoms with van der Waals surface area (Å²) in [5.74, 6) is -0.852. The van der Waals surface area contributed by atoms with Crippen LogP contribution in [0, 0.1) is 0 Å². The van der Waals surface area contributed by atoms with Crippen LogP contribution in [0.15, 0.2) is 0 Å². The molecule has 1 rings (SSSR count). The lowest BCUT2D eigenvalue weighted by Gasteiger charge is -2.28. The minimum atomic E-state index is -0.852. The molecule has 0 atom stereocenters. The third-order valence-corrected chi connectivity index (χ3v) is 3.49. The minimum Gasteiger partial charge on any atom is -0.481 e. The number of rotatable bonds is 8. The van der Waals surface area contributed by atoms with Crippen LogP contribution in [0.25, 0.3) is 0 Å². The molecule has 4 N–H and O–H groups in total. The lowest BCUT2D eigenvalue weighted by molar-refractivity contribution is -0.138. The topological polar surface area (TPSA) is 90.5 Å². The predicted octanol–water partition coefficient (Wildman–Crippen LogP) is 1.07. The van der Waals surface area contributed by atoms with Crippen LogP contribution in [-0.2, 0) is 4.79 Å². The quantitative estimate of drug-likeness (QED) is 0.497. The molecule has 6 nitrogen and oxygen atoms in total. The van der Waals surface area contributed by atoms with E-state index < -0.39 is 11.5 Å². The Bertz CT molecular complexity index is 302.